The highest BCUT2D eigenvalue weighted by atomic mass is 19.1. The van der Waals surface area contributed by atoms with Crippen LogP contribution in [0.5, 0.6) is 0 Å². The van der Waals surface area contributed by atoms with Crippen molar-refractivity contribution in [2.75, 3.05) is 40.3 Å². The van der Waals surface area contributed by atoms with Crippen LogP contribution in [-0.4, -0.2) is 128 Å². The minimum Gasteiger partial charge on any atom is -0.481 e. The van der Waals surface area contributed by atoms with Crippen molar-refractivity contribution in [3.8, 4) is 0 Å². The maximum absolute atomic E-state index is 13.4. The maximum atomic E-state index is 13.4. The third-order valence-corrected chi connectivity index (χ3v) is 14.9. The Bertz CT molecular complexity index is 1740. The minimum absolute atomic E-state index is 0.0175. The lowest BCUT2D eigenvalue weighted by molar-refractivity contribution is -0.143. The van der Waals surface area contributed by atoms with Crippen LogP contribution < -0.4 is 48.3 Å². The van der Waals surface area contributed by atoms with E-state index in [-0.39, 0.29) is 48.8 Å². The van der Waals surface area contributed by atoms with Gasteiger partial charge in [0.05, 0.1) is 17.6 Å². The summed E-state index contributed by atoms with van der Waals surface area (Å²) in [6.45, 7) is 13.1. The van der Waals surface area contributed by atoms with Gasteiger partial charge in [0.2, 0.25) is 29.5 Å². The highest BCUT2D eigenvalue weighted by Gasteiger charge is 2.30. The Kier molecular flexibility index (Phi) is 45.1. The molecule has 80 heavy (non-hydrogen) atoms. The zero-order valence-corrected chi connectivity index (χ0v) is 50.4. The Morgan fingerprint density at radius 3 is 1.34 bits per heavy atom. The molecule has 0 aromatic carbocycles. The van der Waals surface area contributed by atoms with Gasteiger partial charge in [-0.15, -0.1) is 0 Å². The number of amides is 5. The zero-order valence-electron chi connectivity index (χ0n) is 50.4. The molecule has 0 saturated heterocycles. The second-order valence-corrected chi connectivity index (χ2v) is 22.3. The summed E-state index contributed by atoms with van der Waals surface area (Å²) in [4.78, 5) is 97.2. The first kappa shape index (κ1) is 75.3. The molecule has 0 heterocycles. The predicted molar refractivity (Wildman–Crippen MR) is 316 cm³/mol. The Morgan fingerprint density at radius 2 is 0.938 bits per heavy atom. The average molecular weight is 1140 g/mol. The van der Waals surface area contributed by atoms with Gasteiger partial charge in [-0.25, -0.2) is 4.79 Å². The van der Waals surface area contributed by atoms with Gasteiger partial charge in [0.1, 0.15) is 12.1 Å². The van der Waals surface area contributed by atoms with E-state index in [2.05, 4.69) is 49.1 Å². The topological polar surface area (TPSA) is 299 Å². The molecule has 0 spiro atoms. The third kappa shape index (κ3) is 39.7. The molecule has 0 aliphatic heterocycles. The molecule has 0 aromatic heterocycles. The molecular weight excluding hydrogens is 1030 g/mol. The van der Waals surface area contributed by atoms with Gasteiger partial charge in [-0.3, -0.25) is 33.6 Å². The van der Waals surface area contributed by atoms with Crippen molar-refractivity contribution in [3.05, 3.63) is 12.3 Å². The Hall–Kier alpha value is -4.69. The van der Waals surface area contributed by atoms with Gasteiger partial charge in [-0.05, 0) is 143 Å². The predicted octanol–water partition coefficient (Wildman–Crippen LogP) is 8.13. The highest BCUT2D eigenvalue weighted by Crippen LogP contribution is 2.29. The molecule has 5 amide bonds. The third-order valence-electron chi connectivity index (χ3n) is 14.9. The number of rotatable bonds is 50. The van der Waals surface area contributed by atoms with Crippen molar-refractivity contribution >= 4 is 47.5 Å². The number of carboxylic acid groups (broad SMARTS) is 2. The smallest absolute Gasteiger partial charge is 0.326 e. The van der Waals surface area contributed by atoms with E-state index in [0.29, 0.717) is 96.2 Å². The summed E-state index contributed by atoms with van der Waals surface area (Å²) < 4.78 is 13.4. The molecule has 1 aliphatic rings. The number of aliphatic carboxylic acids is 2. The van der Waals surface area contributed by atoms with E-state index in [0.717, 1.165) is 57.2 Å². The van der Waals surface area contributed by atoms with E-state index in [1.54, 1.807) is 14.1 Å². The van der Waals surface area contributed by atoms with Crippen LogP contribution in [0.15, 0.2) is 12.3 Å². The van der Waals surface area contributed by atoms with E-state index in [4.69, 9.17) is 10.8 Å². The SMILES string of the molecule is C=C(CCCCCCCCCCCCCCCCCCC(=O)O)NCC1CCC(C(=O)NC(CCC(=O)NCCCC[C@H](NC)C(=O)NCCCCC(NC)C(=O)NCCCCC(NC(=O)C(C)(C)N)C(=O)F)C(=O)O)CC1.CC. The molecular formula is C60H112FN9O10. The lowest BCUT2D eigenvalue weighted by Crippen LogP contribution is -2.53. The number of unbranched alkanes of at least 4 members (excludes halogenated alkanes) is 18. The van der Waals surface area contributed by atoms with Crippen molar-refractivity contribution < 1.29 is 53.0 Å². The van der Waals surface area contributed by atoms with E-state index >= 15 is 0 Å². The standard InChI is InChI=1S/C58H106FN9O10.C2H6/c1-43(28-20-18-16-14-12-10-8-6-7-9-11-13-15-17-19-21-32-51(70)71)66-42-44-33-35-45(36-34-44)53(73)67-49(56(76)77)37-38-50(69)63-39-25-23-30-47(61-4)54(74)65-41-27-24-31-48(62-5)55(75)64-40-26-22-29-46(52(59)72)68-57(78)58(2,3)60;1-2/h44-49,61-62,66H,1,6-42,60H2,2-5H3,(H,63,69)(H,64,75)(H,65,74)(H,67,73)(H,68,78)(H,70,71)(H,76,77);1-2H3/t44?,45?,46?,47-,48?,49?;/m0./s1. The van der Waals surface area contributed by atoms with Gasteiger partial charge < -0.3 is 58.5 Å². The summed E-state index contributed by atoms with van der Waals surface area (Å²) in [6.07, 6.45) is 28.5. The van der Waals surface area contributed by atoms with Crippen LogP contribution in [0.1, 0.15) is 240 Å². The van der Waals surface area contributed by atoms with Gasteiger partial charge in [0.25, 0.3) is 0 Å². The monoisotopic (exact) mass is 1140 g/mol. The lowest BCUT2D eigenvalue weighted by atomic mass is 9.81. The summed E-state index contributed by atoms with van der Waals surface area (Å²) >= 11 is 0. The first-order chi connectivity index (χ1) is 38.3. The molecule has 1 rings (SSSR count). The van der Waals surface area contributed by atoms with Crippen LogP contribution >= 0.6 is 0 Å². The van der Waals surface area contributed by atoms with Gasteiger partial charge in [0.15, 0.2) is 0 Å². The number of hydrogen-bond acceptors (Lipinski definition) is 12. The van der Waals surface area contributed by atoms with Crippen LogP contribution in [0, 0.1) is 11.8 Å². The molecule has 1 aliphatic carbocycles. The van der Waals surface area contributed by atoms with Gasteiger partial charge >= 0.3 is 18.0 Å². The number of likely N-dealkylation sites (N-methyl/N-ethyl adjacent to an activating group) is 2. The van der Waals surface area contributed by atoms with Crippen molar-refractivity contribution in [2.24, 2.45) is 17.6 Å². The molecule has 1 fully saturated rings. The molecule has 19 nitrogen and oxygen atoms in total. The van der Waals surface area contributed by atoms with Crippen LogP contribution in [0.2, 0.25) is 0 Å². The van der Waals surface area contributed by atoms with Gasteiger partial charge in [-0.1, -0.05) is 110 Å². The number of nitrogens with one attached hydrogen (secondary N) is 8. The molecule has 464 valence electrons. The average Bonchev–Trinajstić information content (AvgIpc) is 3.42. The highest BCUT2D eigenvalue weighted by molar-refractivity contribution is 5.89. The second-order valence-electron chi connectivity index (χ2n) is 22.3. The number of carbonyl (C=O) groups excluding carboxylic acids is 6. The number of nitrogens with two attached hydrogens (primary N) is 1. The van der Waals surface area contributed by atoms with Crippen LogP contribution in [-0.2, 0) is 38.4 Å². The van der Waals surface area contributed by atoms with Gasteiger partial charge in [-0.2, -0.15) is 4.39 Å². The fraction of sp³-hybridized carbons (Fsp3) is 0.833. The Labute approximate surface area is 480 Å². The molecule has 0 bridgehead atoms. The van der Waals surface area contributed by atoms with Crippen molar-refractivity contribution in [1.29, 1.82) is 0 Å². The molecule has 4 atom stereocenters. The molecule has 3 unspecified atom stereocenters. The Morgan fingerprint density at radius 1 is 0.525 bits per heavy atom. The molecule has 1 saturated carbocycles. The van der Waals surface area contributed by atoms with Crippen molar-refractivity contribution in [1.82, 2.24) is 42.5 Å². The minimum atomic E-state index is -1.64. The Balaban J connectivity index is 0.0000308. The first-order valence-corrected chi connectivity index (χ1v) is 30.9. The van der Waals surface area contributed by atoms with Crippen molar-refractivity contribution in [3.63, 3.8) is 0 Å². The molecule has 0 radical (unpaired) electrons. The summed E-state index contributed by atoms with van der Waals surface area (Å²) in [5.41, 5.74) is 5.52. The largest absolute Gasteiger partial charge is 0.481 e. The maximum Gasteiger partial charge on any atom is 0.326 e. The summed E-state index contributed by atoms with van der Waals surface area (Å²) in [7, 11) is 3.39. The van der Waals surface area contributed by atoms with Crippen LogP contribution in [0.4, 0.5) is 4.39 Å². The quantitative estimate of drug-likeness (QED) is 0.0203. The number of carboxylic acids is 2. The summed E-state index contributed by atoms with van der Waals surface area (Å²) in [5.74, 6) is -3.23. The normalized spacial score (nSPS) is 15.7. The number of allylic oxidation sites excluding steroid dienone is 1. The fourth-order valence-electron chi connectivity index (χ4n) is 9.72. The molecule has 0 aromatic rings. The number of carbonyl (C=O) groups is 8. The molecule has 20 heteroatoms. The number of halogens is 1. The van der Waals surface area contributed by atoms with Crippen molar-refractivity contribution in [2.45, 2.75) is 269 Å². The first-order valence-electron chi connectivity index (χ1n) is 30.9. The van der Waals surface area contributed by atoms with E-state index < -0.39 is 53.6 Å². The van der Waals surface area contributed by atoms with E-state index in [1.165, 1.54) is 90.9 Å². The zero-order chi connectivity index (χ0) is 60.0. The second kappa shape index (κ2) is 47.9. The summed E-state index contributed by atoms with van der Waals surface area (Å²) in [5, 5.41) is 41.7. The fourth-order valence-corrected chi connectivity index (χ4v) is 9.72. The van der Waals surface area contributed by atoms with Crippen LogP contribution in [0.25, 0.3) is 0 Å². The number of hydrogen-bond donors (Lipinski definition) is 11. The van der Waals surface area contributed by atoms with Gasteiger partial charge in [0, 0.05) is 50.6 Å². The van der Waals surface area contributed by atoms with E-state index in [1.807, 2.05) is 13.8 Å². The lowest BCUT2D eigenvalue weighted by Gasteiger charge is -2.29. The summed E-state index contributed by atoms with van der Waals surface area (Å²) in [6, 6.07) is -4.96. The van der Waals surface area contributed by atoms with Crippen LogP contribution in [0.3, 0.4) is 0 Å². The van der Waals surface area contributed by atoms with E-state index in [9.17, 15) is 47.9 Å². The molecule has 12 N–H and O–H groups in total.